The van der Waals surface area contributed by atoms with Crippen molar-refractivity contribution < 1.29 is 0 Å². The lowest BCUT2D eigenvalue weighted by atomic mass is 10.1. The highest BCUT2D eigenvalue weighted by atomic mass is 79.9. The summed E-state index contributed by atoms with van der Waals surface area (Å²) in [5, 5.41) is 2.42. The average Bonchev–Trinajstić information content (AvgIpc) is 3.18. The molecule has 4 nitrogen and oxygen atoms in total. The molecule has 0 spiro atoms. The summed E-state index contributed by atoms with van der Waals surface area (Å²) in [4.78, 5) is 14.0. The zero-order valence-electron chi connectivity index (χ0n) is 17.0. The van der Waals surface area contributed by atoms with E-state index in [4.69, 9.17) is 4.98 Å². The van der Waals surface area contributed by atoms with Gasteiger partial charge < -0.3 is 4.57 Å². The van der Waals surface area contributed by atoms with E-state index in [0.29, 0.717) is 0 Å². The van der Waals surface area contributed by atoms with Crippen molar-refractivity contribution in [1.82, 2.24) is 19.5 Å². The van der Waals surface area contributed by atoms with Crippen LogP contribution < -0.4 is 0 Å². The maximum absolute atomic E-state index is 4.91. The van der Waals surface area contributed by atoms with Crippen LogP contribution in [0.25, 0.3) is 50.3 Å². The van der Waals surface area contributed by atoms with Crippen LogP contribution in [0.1, 0.15) is 0 Å². The van der Waals surface area contributed by atoms with Gasteiger partial charge in [-0.1, -0.05) is 52.3 Å². The highest BCUT2D eigenvalue weighted by Crippen LogP contribution is 2.35. The number of benzene rings is 2. The van der Waals surface area contributed by atoms with E-state index < -0.39 is 0 Å². The zero-order valence-corrected chi connectivity index (χ0v) is 18.6. The van der Waals surface area contributed by atoms with Crippen LogP contribution in [-0.2, 0) is 0 Å². The third-order valence-corrected chi connectivity index (χ3v) is 6.05. The Morgan fingerprint density at radius 1 is 0.562 bits per heavy atom. The van der Waals surface area contributed by atoms with Crippen molar-refractivity contribution in [3.05, 3.63) is 108 Å². The van der Waals surface area contributed by atoms with Crippen molar-refractivity contribution >= 4 is 37.7 Å². The summed E-state index contributed by atoms with van der Waals surface area (Å²) in [6.07, 6.45) is 3.59. The fourth-order valence-electron chi connectivity index (χ4n) is 4.16. The van der Waals surface area contributed by atoms with E-state index in [0.717, 1.165) is 44.0 Å². The molecule has 0 bridgehead atoms. The molecule has 0 aliphatic heterocycles. The molecule has 0 unspecified atom stereocenters. The van der Waals surface area contributed by atoms with Gasteiger partial charge in [0.2, 0.25) is 0 Å². The van der Waals surface area contributed by atoms with Gasteiger partial charge in [0.05, 0.1) is 39.5 Å². The van der Waals surface area contributed by atoms with Crippen LogP contribution in [0.5, 0.6) is 0 Å². The Labute approximate surface area is 193 Å². The molecule has 2 aromatic carbocycles. The number of aromatic nitrogens is 4. The molecule has 0 saturated carbocycles. The minimum absolute atomic E-state index is 0.810. The molecule has 5 heteroatoms. The van der Waals surface area contributed by atoms with Crippen LogP contribution in [0.2, 0.25) is 0 Å². The van der Waals surface area contributed by atoms with Crippen LogP contribution in [0, 0.1) is 0 Å². The summed E-state index contributed by atoms with van der Waals surface area (Å²) in [7, 11) is 0. The van der Waals surface area contributed by atoms with Crippen LogP contribution in [0.15, 0.2) is 108 Å². The Morgan fingerprint density at radius 2 is 1.19 bits per heavy atom. The van der Waals surface area contributed by atoms with E-state index in [1.54, 1.807) is 12.4 Å². The monoisotopic (exact) mass is 476 g/mol. The number of halogens is 1. The van der Waals surface area contributed by atoms with Gasteiger partial charge in [-0.25, -0.2) is 4.98 Å². The molecule has 0 fully saturated rings. The third kappa shape index (κ3) is 3.18. The summed E-state index contributed by atoms with van der Waals surface area (Å²) in [5.41, 5.74) is 6.57. The predicted molar refractivity (Wildman–Crippen MR) is 133 cm³/mol. The average molecular weight is 477 g/mol. The standard InChI is InChI=1S/C27H17BrN4/c28-18-11-12-21-20-7-1-2-10-26(20)32(27(21)15-18)19-16-24(22-8-3-5-13-29-22)31-25(17-19)23-9-4-6-14-30-23/h1-17H. The lowest BCUT2D eigenvalue weighted by Gasteiger charge is -2.12. The second-order valence-electron chi connectivity index (χ2n) is 7.54. The minimum atomic E-state index is 0.810. The fraction of sp³-hybridized carbons (Fsp3) is 0. The summed E-state index contributed by atoms with van der Waals surface area (Å²) < 4.78 is 3.33. The van der Waals surface area contributed by atoms with E-state index in [-0.39, 0.29) is 0 Å². The lowest BCUT2D eigenvalue weighted by molar-refractivity contribution is 1.14. The van der Waals surface area contributed by atoms with Crippen LogP contribution in [0.3, 0.4) is 0 Å². The molecule has 4 aromatic heterocycles. The zero-order chi connectivity index (χ0) is 21.5. The smallest absolute Gasteiger partial charge is 0.0915 e. The quantitative estimate of drug-likeness (QED) is 0.274. The molecule has 0 radical (unpaired) electrons. The van der Waals surface area contributed by atoms with Gasteiger partial charge in [-0.3, -0.25) is 9.97 Å². The lowest BCUT2D eigenvalue weighted by Crippen LogP contribution is -1.99. The number of nitrogens with zero attached hydrogens (tertiary/aromatic N) is 4. The van der Waals surface area contributed by atoms with Gasteiger partial charge in [-0.15, -0.1) is 0 Å². The number of pyridine rings is 3. The number of rotatable bonds is 3. The molecule has 0 amide bonds. The summed E-state index contributed by atoms with van der Waals surface area (Å²) in [6.45, 7) is 0. The van der Waals surface area contributed by atoms with E-state index in [9.17, 15) is 0 Å². The number of hydrogen-bond donors (Lipinski definition) is 0. The first-order valence-corrected chi connectivity index (χ1v) is 11.1. The van der Waals surface area contributed by atoms with Crippen molar-refractivity contribution in [2.75, 3.05) is 0 Å². The van der Waals surface area contributed by atoms with Crippen molar-refractivity contribution in [3.8, 4) is 28.5 Å². The van der Waals surface area contributed by atoms with Crippen LogP contribution >= 0.6 is 15.9 Å². The first kappa shape index (κ1) is 18.9. The topological polar surface area (TPSA) is 43.6 Å². The van der Waals surface area contributed by atoms with Crippen molar-refractivity contribution in [2.24, 2.45) is 0 Å². The molecular weight excluding hydrogens is 460 g/mol. The second-order valence-corrected chi connectivity index (χ2v) is 8.46. The highest BCUT2D eigenvalue weighted by molar-refractivity contribution is 9.10. The Bertz CT molecular complexity index is 1520. The normalized spacial score (nSPS) is 11.3. The third-order valence-electron chi connectivity index (χ3n) is 5.56. The van der Waals surface area contributed by atoms with Gasteiger partial charge in [0.15, 0.2) is 0 Å². The van der Waals surface area contributed by atoms with Crippen molar-refractivity contribution in [1.29, 1.82) is 0 Å². The maximum Gasteiger partial charge on any atom is 0.0915 e. The van der Waals surface area contributed by atoms with Gasteiger partial charge in [0, 0.05) is 27.6 Å². The summed E-state index contributed by atoms with van der Waals surface area (Å²) in [5.74, 6) is 0. The Hall–Kier alpha value is -3.83. The molecule has 4 heterocycles. The van der Waals surface area contributed by atoms with Gasteiger partial charge >= 0.3 is 0 Å². The van der Waals surface area contributed by atoms with Crippen LogP contribution in [0.4, 0.5) is 0 Å². The largest absolute Gasteiger partial charge is 0.309 e. The molecule has 6 rings (SSSR count). The molecular formula is C27H17BrN4. The number of para-hydroxylation sites is 1. The molecule has 0 N–H and O–H groups in total. The number of fused-ring (bicyclic) bond motifs is 3. The molecule has 152 valence electrons. The van der Waals surface area contributed by atoms with Gasteiger partial charge in [-0.2, -0.15) is 0 Å². The Kier molecular flexibility index (Phi) is 4.55. The van der Waals surface area contributed by atoms with Gasteiger partial charge in [-0.05, 0) is 54.6 Å². The molecule has 0 atom stereocenters. The molecule has 0 saturated heterocycles. The molecule has 0 aliphatic carbocycles. The van der Waals surface area contributed by atoms with E-state index >= 15 is 0 Å². The van der Waals surface area contributed by atoms with E-state index in [2.05, 4.69) is 85.1 Å². The molecule has 6 aromatic rings. The van der Waals surface area contributed by atoms with E-state index in [1.807, 2.05) is 36.4 Å². The SMILES string of the molecule is Brc1ccc2c3ccccc3n(-c3cc(-c4ccccn4)nc(-c4ccccn4)c3)c2c1. The van der Waals surface area contributed by atoms with Gasteiger partial charge in [0.1, 0.15) is 0 Å². The summed E-state index contributed by atoms with van der Waals surface area (Å²) in [6, 6.07) is 30.9. The predicted octanol–water partition coefficient (Wildman–Crippen LogP) is 7.07. The van der Waals surface area contributed by atoms with Crippen LogP contribution in [-0.4, -0.2) is 19.5 Å². The maximum atomic E-state index is 4.91. The first-order chi connectivity index (χ1) is 15.8. The van der Waals surface area contributed by atoms with Gasteiger partial charge in [0.25, 0.3) is 0 Å². The second kappa shape index (κ2) is 7.70. The Morgan fingerprint density at radius 3 is 1.84 bits per heavy atom. The number of hydrogen-bond acceptors (Lipinski definition) is 3. The first-order valence-electron chi connectivity index (χ1n) is 10.3. The molecule has 32 heavy (non-hydrogen) atoms. The minimum Gasteiger partial charge on any atom is -0.309 e. The van der Waals surface area contributed by atoms with Crippen molar-refractivity contribution in [3.63, 3.8) is 0 Å². The Balaban J connectivity index is 1.70. The van der Waals surface area contributed by atoms with Crippen molar-refractivity contribution in [2.45, 2.75) is 0 Å². The van der Waals surface area contributed by atoms with E-state index in [1.165, 1.54) is 10.8 Å². The molecule has 0 aliphatic rings. The summed E-state index contributed by atoms with van der Waals surface area (Å²) >= 11 is 3.65. The fourth-order valence-corrected chi connectivity index (χ4v) is 4.51. The highest BCUT2D eigenvalue weighted by Gasteiger charge is 2.15.